The highest BCUT2D eigenvalue weighted by atomic mass is 32.1. The molecule has 4 nitrogen and oxygen atoms in total. The van der Waals surface area contributed by atoms with Gasteiger partial charge in [-0.05, 0) is 19.3 Å². The van der Waals surface area contributed by atoms with Crippen LogP contribution in [0.15, 0.2) is 11.6 Å². The van der Waals surface area contributed by atoms with Gasteiger partial charge in [-0.25, -0.2) is 4.98 Å². The molecule has 2 rings (SSSR count). The van der Waals surface area contributed by atoms with E-state index in [1.165, 1.54) is 0 Å². The maximum Gasteiger partial charge on any atom is 0.233 e. The molecular formula is C11H15N3OS2. The van der Waals surface area contributed by atoms with Crippen LogP contribution in [0.1, 0.15) is 37.2 Å². The Labute approximate surface area is 110 Å². The molecule has 1 saturated carbocycles. The highest BCUT2D eigenvalue weighted by Gasteiger charge is 2.53. The van der Waals surface area contributed by atoms with E-state index in [2.05, 4.69) is 10.3 Å². The van der Waals surface area contributed by atoms with Gasteiger partial charge in [-0.15, -0.1) is 11.3 Å². The first kappa shape index (κ1) is 12.4. The van der Waals surface area contributed by atoms with E-state index in [-0.39, 0.29) is 11.9 Å². The predicted octanol–water partition coefficient (Wildman–Crippen LogP) is 1.78. The first-order valence-electron chi connectivity index (χ1n) is 5.60. The molecule has 1 atom stereocenters. The third-order valence-electron chi connectivity index (χ3n) is 3.12. The number of hydrogen-bond donors (Lipinski definition) is 2. The van der Waals surface area contributed by atoms with Gasteiger partial charge >= 0.3 is 0 Å². The van der Waals surface area contributed by atoms with Gasteiger partial charge < -0.3 is 11.1 Å². The van der Waals surface area contributed by atoms with Crippen molar-refractivity contribution in [1.82, 2.24) is 10.3 Å². The zero-order chi connectivity index (χ0) is 12.5. The fourth-order valence-electron chi connectivity index (χ4n) is 1.75. The number of aromatic nitrogens is 1. The van der Waals surface area contributed by atoms with E-state index in [1.54, 1.807) is 17.5 Å². The number of nitrogens with one attached hydrogen (secondary N) is 1. The Balaban J connectivity index is 2.05. The van der Waals surface area contributed by atoms with E-state index >= 15 is 0 Å². The molecule has 1 fully saturated rings. The second kappa shape index (κ2) is 4.70. The monoisotopic (exact) mass is 269 g/mol. The van der Waals surface area contributed by atoms with Crippen LogP contribution >= 0.6 is 23.6 Å². The SMILES string of the molecule is CCC(NC(=O)C1(C(N)=S)CC1)c1nccs1. The summed E-state index contributed by atoms with van der Waals surface area (Å²) in [4.78, 5) is 16.7. The lowest BCUT2D eigenvalue weighted by atomic mass is 10.1. The molecule has 1 aromatic heterocycles. The van der Waals surface area contributed by atoms with Gasteiger partial charge in [0, 0.05) is 11.6 Å². The van der Waals surface area contributed by atoms with Crippen LogP contribution < -0.4 is 11.1 Å². The van der Waals surface area contributed by atoms with Gasteiger partial charge in [-0.1, -0.05) is 19.1 Å². The van der Waals surface area contributed by atoms with E-state index in [1.807, 2.05) is 12.3 Å². The average molecular weight is 269 g/mol. The topological polar surface area (TPSA) is 68.0 Å². The molecule has 17 heavy (non-hydrogen) atoms. The summed E-state index contributed by atoms with van der Waals surface area (Å²) in [6, 6.07) is -0.0330. The quantitative estimate of drug-likeness (QED) is 0.800. The summed E-state index contributed by atoms with van der Waals surface area (Å²) in [5.41, 5.74) is 5.04. The van der Waals surface area contributed by atoms with Crippen molar-refractivity contribution in [2.24, 2.45) is 11.1 Å². The van der Waals surface area contributed by atoms with E-state index in [0.717, 1.165) is 24.3 Å². The molecule has 1 amide bonds. The Morgan fingerprint density at radius 2 is 2.47 bits per heavy atom. The summed E-state index contributed by atoms with van der Waals surface area (Å²) in [6.45, 7) is 2.02. The van der Waals surface area contributed by atoms with Gasteiger partial charge in [-0.2, -0.15) is 0 Å². The Kier molecular flexibility index (Phi) is 3.44. The Morgan fingerprint density at radius 3 is 2.88 bits per heavy atom. The molecule has 0 bridgehead atoms. The molecule has 1 unspecified atom stereocenters. The molecule has 92 valence electrons. The summed E-state index contributed by atoms with van der Waals surface area (Å²) in [6.07, 6.45) is 4.09. The van der Waals surface area contributed by atoms with E-state index in [0.29, 0.717) is 4.99 Å². The van der Waals surface area contributed by atoms with Crippen molar-refractivity contribution >= 4 is 34.5 Å². The highest BCUT2D eigenvalue weighted by molar-refractivity contribution is 7.80. The highest BCUT2D eigenvalue weighted by Crippen LogP contribution is 2.46. The molecule has 1 aromatic rings. The number of nitrogens with zero attached hydrogens (tertiary/aromatic N) is 1. The molecular weight excluding hydrogens is 254 g/mol. The number of carbonyl (C=O) groups excluding carboxylic acids is 1. The third-order valence-corrected chi connectivity index (χ3v) is 4.40. The Morgan fingerprint density at radius 1 is 1.76 bits per heavy atom. The second-order valence-electron chi connectivity index (χ2n) is 4.25. The third kappa shape index (κ3) is 2.32. The molecule has 1 aliphatic carbocycles. The number of nitrogens with two attached hydrogens (primary N) is 1. The zero-order valence-corrected chi connectivity index (χ0v) is 11.2. The number of hydrogen-bond acceptors (Lipinski definition) is 4. The van der Waals surface area contributed by atoms with Crippen LogP contribution in [0, 0.1) is 5.41 Å². The van der Waals surface area contributed by atoms with Crippen LogP contribution in [0.5, 0.6) is 0 Å². The zero-order valence-electron chi connectivity index (χ0n) is 9.60. The molecule has 3 N–H and O–H groups in total. The molecule has 0 saturated heterocycles. The van der Waals surface area contributed by atoms with Crippen molar-refractivity contribution in [2.45, 2.75) is 32.2 Å². The molecule has 1 aliphatic rings. The molecule has 0 spiro atoms. The molecule has 6 heteroatoms. The summed E-state index contributed by atoms with van der Waals surface area (Å²) in [7, 11) is 0. The van der Waals surface area contributed by atoms with Crippen LogP contribution in [0.25, 0.3) is 0 Å². The normalized spacial score (nSPS) is 18.4. The van der Waals surface area contributed by atoms with Crippen LogP contribution in [0.2, 0.25) is 0 Å². The van der Waals surface area contributed by atoms with Crippen molar-refractivity contribution in [3.05, 3.63) is 16.6 Å². The minimum atomic E-state index is -0.583. The number of carbonyl (C=O) groups is 1. The standard InChI is InChI=1S/C11H15N3OS2/c1-2-7(8-13-5-6-17-8)14-10(15)11(3-4-11)9(12)16/h5-7H,2-4H2,1H3,(H2,12,16)(H,14,15). The molecule has 0 radical (unpaired) electrons. The maximum absolute atomic E-state index is 12.1. The molecule has 0 aliphatic heterocycles. The van der Waals surface area contributed by atoms with Gasteiger partial charge in [0.1, 0.15) is 5.01 Å². The van der Waals surface area contributed by atoms with Crippen LogP contribution in [0.3, 0.4) is 0 Å². The summed E-state index contributed by atoms with van der Waals surface area (Å²) < 4.78 is 0. The number of thiazole rings is 1. The van der Waals surface area contributed by atoms with Gasteiger partial charge in [0.15, 0.2) is 0 Å². The Hall–Kier alpha value is -1.01. The van der Waals surface area contributed by atoms with E-state index < -0.39 is 5.41 Å². The second-order valence-corrected chi connectivity index (χ2v) is 5.62. The molecule has 1 heterocycles. The summed E-state index contributed by atoms with van der Waals surface area (Å²) in [5, 5.41) is 5.83. The van der Waals surface area contributed by atoms with Crippen molar-refractivity contribution in [1.29, 1.82) is 0 Å². The lowest BCUT2D eigenvalue weighted by molar-refractivity contribution is -0.124. The first-order chi connectivity index (χ1) is 8.10. The number of thiocarbonyl (C=S) groups is 1. The maximum atomic E-state index is 12.1. The average Bonchev–Trinajstić information content (AvgIpc) is 2.96. The van der Waals surface area contributed by atoms with Gasteiger partial charge in [0.05, 0.1) is 16.4 Å². The van der Waals surface area contributed by atoms with E-state index in [4.69, 9.17) is 18.0 Å². The smallest absolute Gasteiger partial charge is 0.233 e. The fourth-order valence-corrected chi connectivity index (χ4v) is 2.82. The fraction of sp³-hybridized carbons (Fsp3) is 0.545. The van der Waals surface area contributed by atoms with Crippen molar-refractivity contribution in [2.75, 3.05) is 0 Å². The van der Waals surface area contributed by atoms with E-state index in [9.17, 15) is 4.79 Å². The lowest BCUT2D eigenvalue weighted by Crippen LogP contribution is -2.41. The van der Waals surface area contributed by atoms with Crippen LogP contribution in [-0.4, -0.2) is 15.9 Å². The minimum absolute atomic E-state index is 0.0330. The largest absolute Gasteiger partial charge is 0.392 e. The predicted molar refractivity (Wildman–Crippen MR) is 71.7 cm³/mol. The van der Waals surface area contributed by atoms with Crippen molar-refractivity contribution in [3.8, 4) is 0 Å². The summed E-state index contributed by atoms with van der Waals surface area (Å²) >= 11 is 6.51. The van der Waals surface area contributed by atoms with Crippen LogP contribution in [0.4, 0.5) is 0 Å². The summed E-state index contributed by atoms with van der Waals surface area (Å²) in [5.74, 6) is -0.0490. The van der Waals surface area contributed by atoms with Gasteiger partial charge in [0.25, 0.3) is 0 Å². The van der Waals surface area contributed by atoms with Crippen molar-refractivity contribution in [3.63, 3.8) is 0 Å². The number of amides is 1. The van der Waals surface area contributed by atoms with Crippen molar-refractivity contribution < 1.29 is 4.79 Å². The van der Waals surface area contributed by atoms with Crippen LogP contribution in [-0.2, 0) is 4.79 Å². The molecule has 0 aromatic carbocycles. The van der Waals surface area contributed by atoms with Gasteiger partial charge in [0.2, 0.25) is 5.91 Å². The minimum Gasteiger partial charge on any atom is -0.392 e. The lowest BCUT2D eigenvalue weighted by Gasteiger charge is -2.19. The Bertz CT molecular complexity index is 426. The first-order valence-corrected chi connectivity index (χ1v) is 6.89. The number of rotatable bonds is 5. The van der Waals surface area contributed by atoms with Gasteiger partial charge in [-0.3, -0.25) is 4.79 Å².